The van der Waals surface area contributed by atoms with Gasteiger partial charge in [0.2, 0.25) is 0 Å². The van der Waals surface area contributed by atoms with E-state index in [9.17, 15) is 0 Å². The van der Waals surface area contributed by atoms with Gasteiger partial charge in [-0.05, 0) is 49.3 Å². The molecule has 0 aliphatic carbocycles. The van der Waals surface area contributed by atoms with Crippen LogP contribution in [-0.4, -0.2) is 37.1 Å². The van der Waals surface area contributed by atoms with E-state index >= 15 is 0 Å². The molecule has 1 aliphatic rings. The molecule has 1 aromatic carbocycles. The summed E-state index contributed by atoms with van der Waals surface area (Å²) in [5, 5.41) is 0. The topological polar surface area (TPSA) is 50.9 Å². The molecule has 1 heterocycles. The fourth-order valence-corrected chi connectivity index (χ4v) is 2.54. The smallest absolute Gasteiger partial charge is 0.191 e. The van der Waals surface area contributed by atoms with E-state index in [4.69, 9.17) is 10.5 Å². The molecular weight excluding hydrogens is 274 g/mol. The number of aliphatic imine (C=N–C) groups is 1. The van der Waals surface area contributed by atoms with Gasteiger partial charge >= 0.3 is 0 Å². The van der Waals surface area contributed by atoms with Gasteiger partial charge in [0.1, 0.15) is 5.75 Å². The fraction of sp³-hybridized carbons (Fsp3) is 0.611. The second-order valence-electron chi connectivity index (χ2n) is 6.39. The third-order valence-corrected chi connectivity index (χ3v) is 3.86. The predicted octanol–water partition coefficient (Wildman–Crippen LogP) is 3.06. The molecule has 2 N–H and O–H groups in total. The normalized spacial score (nSPS) is 16.1. The Labute approximate surface area is 134 Å². The molecule has 0 unspecified atom stereocenters. The summed E-state index contributed by atoms with van der Waals surface area (Å²) in [5.74, 6) is 2.19. The summed E-state index contributed by atoms with van der Waals surface area (Å²) in [7, 11) is 0. The Hall–Kier alpha value is -1.71. The standard InChI is InChI=1S/C18H29N3O/c1-15(2)14-22-17-8-6-16(7-9-17)10-11-20-18(19)21-12-4-3-5-13-21/h6-9,15H,3-5,10-14H2,1-2H3,(H2,19,20). The lowest BCUT2D eigenvalue weighted by atomic mass is 10.1. The van der Waals surface area contributed by atoms with Gasteiger partial charge in [0.25, 0.3) is 0 Å². The highest BCUT2D eigenvalue weighted by molar-refractivity contribution is 5.78. The van der Waals surface area contributed by atoms with Crippen LogP contribution in [0.3, 0.4) is 0 Å². The third kappa shape index (κ3) is 5.58. The molecule has 0 bridgehead atoms. The van der Waals surface area contributed by atoms with E-state index in [0.29, 0.717) is 11.9 Å². The minimum absolute atomic E-state index is 0.548. The largest absolute Gasteiger partial charge is 0.493 e. The number of ether oxygens (including phenoxy) is 1. The molecule has 22 heavy (non-hydrogen) atoms. The molecule has 1 aromatic rings. The van der Waals surface area contributed by atoms with Crippen molar-refractivity contribution < 1.29 is 4.74 Å². The number of nitrogens with two attached hydrogens (primary N) is 1. The maximum atomic E-state index is 6.06. The zero-order chi connectivity index (χ0) is 15.8. The van der Waals surface area contributed by atoms with Crippen LogP contribution in [-0.2, 0) is 6.42 Å². The van der Waals surface area contributed by atoms with Crippen molar-refractivity contribution in [2.75, 3.05) is 26.2 Å². The van der Waals surface area contributed by atoms with E-state index in [1.807, 2.05) is 12.1 Å². The van der Waals surface area contributed by atoms with Crippen molar-refractivity contribution in [3.63, 3.8) is 0 Å². The molecule has 0 aromatic heterocycles. The molecule has 1 fully saturated rings. The summed E-state index contributed by atoms with van der Waals surface area (Å²) in [4.78, 5) is 6.71. The summed E-state index contributed by atoms with van der Waals surface area (Å²) < 4.78 is 5.69. The lowest BCUT2D eigenvalue weighted by Gasteiger charge is -2.27. The van der Waals surface area contributed by atoms with Gasteiger partial charge in [-0.15, -0.1) is 0 Å². The number of hydrogen-bond donors (Lipinski definition) is 1. The van der Waals surface area contributed by atoms with Crippen LogP contribution in [0.2, 0.25) is 0 Å². The average Bonchev–Trinajstić information content (AvgIpc) is 2.55. The molecule has 1 aliphatic heterocycles. The van der Waals surface area contributed by atoms with Crippen molar-refractivity contribution in [1.82, 2.24) is 4.90 Å². The number of likely N-dealkylation sites (tertiary alicyclic amines) is 1. The van der Waals surface area contributed by atoms with Crippen molar-refractivity contribution >= 4 is 5.96 Å². The van der Waals surface area contributed by atoms with E-state index in [1.165, 1.54) is 24.8 Å². The van der Waals surface area contributed by atoms with Gasteiger partial charge in [0.05, 0.1) is 6.61 Å². The minimum Gasteiger partial charge on any atom is -0.493 e. The first-order valence-corrected chi connectivity index (χ1v) is 8.42. The zero-order valence-corrected chi connectivity index (χ0v) is 13.9. The third-order valence-electron chi connectivity index (χ3n) is 3.86. The fourth-order valence-electron chi connectivity index (χ4n) is 2.54. The Bertz CT molecular complexity index is 462. The Balaban J connectivity index is 1.76. The van der Waals surface area contributed by atoms with Crippen molar-refractivity contribution in [3.8, 4) is 5.75 Å². The van der Waals surface area contributed by atoms with Crippen LogP contribution in [0, 0.1) is 5.92 Å². The predicted molar refractivity (Wildman–Crippen MR) is 92.4 cm³/mol. The second kappa shape index (κ2) is 8.66. The molecule has 0 atom stereocenters. The number of rotatable bonds is 6. The van der Waals surface area contributed by atoms with Gasteiger partial charge in [-0.1, -0.05) is 26.0 Å². The van der Waals surface area contributed by atoms with Gasteiger partial charge in [0.15, 0.2) is 5.96 Å². The summed E-state index contributed by atoms with van der Waals surface area (Å²) in [5.41, 5.74) is 7.33. The molecule has 4 heteroatoms. The molecule has 0 spiro atoms. The molecule has 0 amide bonds. The number of guanidine groups is 1. The maximum Gasteiger partial charge on any atom is 0.191 e. The first kappa shape index (κ1) is 16.7. The van der Waals surface area contributed by atoms with Crippen LogP contribution in [0.4, 0.5) is 0 Å². The SMILES string of the molecule is CC(C)COc1ccc(CCN=C(N)N2CCCCC2)cc1. The summed E-state index contributed by atoms with van der Waals surface area (Å²) in [6, 6.07) is 8.30. The number of nitrogens with zero attached hydrogens (tertiary/aromatic N) is 2. The van der Waals surface area contributed by atoms with Gasteiger partial charge in [-0.3, -0.25) is 4.99 Å². The highest BCUT2D eigenvalue weighted by atomic mass is 16.5. The van der Waals surface area contributed by atoms with E-state index in [0.717, 1.165) is 38.4 Å². The van der Waals surface area contributed by atoms with E-state index < -0.39 is 0 Å². The van der Waals surface area contributed by atoms with Gasteiger partial charge < -0.3 is 15.4 Å². The molecular formula is C18H29N3O. The average molecular weight is 303 g/mol. The zero-order valence-electron chi connectivity index (χ0n) is 13.9. The monoisotopic (exact) mass is 303 g/mol. The lowest BCUT2D eigenvalue weighted by molar-refractivity contribution is 0.271. The van der Waals surface area contributed by atoms with E-state index in [-0.39, 0.29) is 0 Å². The second-order valence-corrected chi connectivity index (χ2v) is 6.39. The highest BCUT2D eigenvalue weighted by Crippen LogP contribution is 2.14. The Morgan fingerprint density at radius 1 is 1.18 bits per heavy atom. The van der Waals surface area contributed by atoms with Crippen LogP contribution in [0.1, 0.15) is 38.7 Å². The molecule has 1 saturated heterocycles. The minimum atomic E-state index is 0.548. The summed E-state index contributed by atoms with van der Waals surface area (Å²) in [6.07, 6.45) is 4.69. The molecule has 4 nitrogen and oxygen atoms in total. The van der Waals surface area contributed by atoms with Crippen LogP contribution in [0.25, 0.3) is 0 Å². The van der Waals surface area contributed by atoms with Crippen molar-refractivity contribution in [1.29, 1.82) is 0 Å². The van der Waals surface area contributed by atoms with Gasteiger partial charge in [0, 0.05) is 19.6 Å². The highest BCUT2D eigenvalue weighted by Gasteiger charge is 2.11. The molecule has 122 valence electrons. The first-order valence-electron chi connectivity index (χ1n) is 8.42. The Kier molecular flexibility index (Phi) is 6.56. The molecule has 2 rings (SSSR count). The van der Waals surface area contributed by atoms with Crippen LogP contribution >= 0.6 is 0 Å². The summed E-state index contributed by atoms with van der Waals surface area (Å²) >= 11 is 0. The van der Waals surface area contributed by atoms with Crippen LogP contribution < -0.4 is 10.5 Å². The van der Waals surface area contributed by atoms with Gasteiger partial charge in [-0.25, -0.2) is 0 Å². The van der Waals surface area contributed by atoms with Crippen molar-refractivity contribution in [2.24, 2.45) is 16.6 Å². The number of hydrogen-bond acceptors (Lipinski definition) is 2. The number of piperidine rings is 1. The van der Waals surface area contributed by atoms with E-state index in [2.05, 4.69) is 35.9 Å². The molecule has 0 radical (unpaired) electrons. The van der Waals surface area contributed by atoms with Gasteiger partial charge in [-0.2, -0.15) is 0 Å². The lowest BCUT2D eigenvalue weighted by Crippen LogP contribution is -2.41. The Morgan fingerprint density at radius 3 is 2.50 bits per heavy atom. The maximum absolute atomic E-state index is 6.06. The number of benzene rings is 1. The van der Waals surface area contributed by atoms with E-state index in [1.54, 1.807) is 0 Å². The van der Waals surface area contributed by atoms with Crippen LogP contribution in [0.15, 0.2) is 29.3 Å². The molecule has 0 saturated carbocycles. The summed E-state index contributed by atoms with van der Waals surface area (Å²) in [6.45, 7) is 7.91. The quantitative estimate of drug-likeness (QED) is 0.649. The van der Waals surface area contributed by atoms with Crippen molar-refractivity contribution in [3.05, 3.63) is 29.8 Å². The van der Waals surface area contributed by atoms with Crippen LogP contribution in [0.5, 0.6) is 5.75 Å². The Morgan fingerprint density at radius 2 is 1.86 bits per heavy atom. The van der Waals surface area contributed by atoms with Crippen molar-refractivity contribution in [2.45, 2.75) is 39.5 Å². The first-order chi connectivity index (χ1) is 10.6.